The molecule has 1 nitrogen and oxygen atoms in total. The van der Waals surface area contributed by atoms with Gasteiger partial charge in [-0.3, -0.25) is 4.99 Å². The fourth-order valence-corrected chi connectivity index (χ4v) is 2.14. The Morgan fingerprint density at radius 3 is 2.86 bits per heavy atom. The van der Waals surface area contributed by atoms with Crippen LogP contribution in [0.5, 0.6) is 0 Å². The van der Waals surface area contributed by atoms with E-state index >= 15 is 0 Å². The van der Waals surface area contributed by atoms with Crippen molar-refractivity contribution in [1.82, 2.24) is 0 Å². The Morgan fingerprint density at radius 2 is 2.14 bits per heavy atom. The van der Waals surface area contributed by atoms with Crippen LogP contribution in [0.4, 0.5) is 0 Å². The van der Waals surface area contributed by atoms with Crippen molar-refractivity contribution < 1.29 is 0 Å². The van der Waals surface area contributed by atoms with Gasteiger partial charge >= 0.3 is 0 Å². The minimum Gasteiger partial charge on any atom is -0.292 e. The molecule has 2 rings (SSSR count). The lowest BCUT2D eigenvalue weighted by Gasteiger charge is -2.18. The number of nitrogens with zero attached hydrogens (tertiary/aromatic N) is 1. The molecule has 1 aromatic carbocycles. The molecule has 1 aliphatic carbocycles. The average molecular weight is 187 g/mol. The summed E-state index contributed by atoms with van der Waals surface area (Å²) in [6.07, 6.45) is 4.74. The van der Waals surface area contributed by atoms with Gasteiger partial charge in [-0.2, -0.15) is 0 Å². The minimum absolute atomic E-state index is 1.12. The van der Waals surface area contributed by atoms with Crippen LogP contribution in [0.3, 0.4) is 0 Å². The van der Waals surface area contributed by atoms with Gasteiger partial charge in [-0.1, -0.05) is 19.1 Å². The third-order valence-electron chi connectivity index (χ3n) is 3.02. The van der Waals surface area contributed by atoms with Crippen LogP contribution in [-0.4, -0.2) is 12.8 Å². The Morgan fingerprint density at radius 1 is 1.29 bits per heavy atom. The summed E-state index contributed by atoms with van der Waals surface area (Å²) in [5.74, 6) is 0. The Balaban J connectivity index is 2.49. The lowest BCUT2D eigenvalue weighted by molar-refractivity contribution is 0.835. The van der Waals surface area contributed by atoms with Gasteiger partial charge in [0.1, 0.15) is 0 Å². The van der Waals surface area contributed by atoms with Crippen LogP contribution in [-0.2, 0) is 12.8 Å². The molecule has 1 heteroatoms. The number of hydrogen-bond donors (Lipinski definition) is 0. The maximum Gasteiger partial charge on any atom is 0.0420 e. The molecule has 0 heterocycles. The van der Waals surface area contributed by atoms with E-state index in [1.54, 1.807) is 0 Å². The van der Waals surface area contributed by atoms with E-state index < -0.39 is 0 Å². The van der Waals surface area contributed by atoms with E-state index in [0.29, 0.717) is 0 Å². The molecule has 14 heavy (non-hydrogen) atoms. The Labute approximate surface area is 85.9 Å². The normalized spacial score (nSPS) is 18.3. The van der Waals surface area contributed by atoms with Crippen LogP contribution >= 0.6 is 0 Å². The average Bonchev–Trinajstić information content (AvgIpc) is 2.27. The molecule has 1 aliphatic rings. The van der Waals surface area contributed by atoms with Crippen LogP contribution < -0.4 is 0 Å². The fraction of sp³-hybridized carbons (Fsp3) is 0.462. The van der Waals surface area contributed by atoms with Crippen LogP contribution in [0, 0.1) is 0 Å². The topological polar surface area (TPSA) is 12.4 Å². The molecule has 0 N–H and O–H groups in total. The van der Waals surface area contributed by atoms with Crippen LogP contribution in [0.1, 0.15) is 36.5 Å². The Kier molecular flexibility index (Phi) is 2.67. The molecular weight excluding hydrogens is 170 g/mol. The fourth-order valence-electron chi connectivity index (χ4n) is 2.14. The number of rotatable bonds is 1. The monoisotopic (exact) mass is 187 g/mol. The SMILES string of the molecule is CCc1ccc2c(c1)C(=NC)CCC2. The molecule has 0 fully saturated rings. The first-order valence-corrected chi connectivity index (χ1v) is 5.43. The van der Waals surface area contributed by atoms with Gasteiger partial charge in [0.2, 0.25) is 0 Å². The molecular formula is C13H17N. The van der Waals surface area contributed by atoms with Crippen LogP contribution in [0.15, 0.2) is 23.2 Å². The molecule has 0 amide bonds. The highest BCUT2D eigenvalue weighted by molar-refractivity contribution is 6.02. The van der Waals surface area contributed by atoms with Gasteiger partial charge in [-0.05, 0) is 48.4 Å². The summed E-state index contributed by atoms with van der Waals surface area (Å²) in [5.41, 5.74) is 5.60. The maximum absolute atomic E-state index is 4.38. The van der Waals surface area contributed by atoms with Gasteiger partial charge in [0.05, 0.1) is 0 Å². The zero-order valence-corrected chi connectivity index (χ0v) is 9.01. The highest BCUT2D eigenvalue weighted by Crippen LogP contribution is 2.23. The zero-order chi connectivity index (χ0) is 9.97. The van der Waals surface area contributed by atoms with E-state index in [2.05, 4.69) is 30.1 Å². The molecule has 0 aromatic heterocycles. The number of aliphatic imine (C=N–C) groups is 1. The summed E-state index contributed by atoms with van der Waals surface area (Å²) < 4.78 is 0. The second-order valence-electron chi connectivity index (χ2n) is 3.87. The molecule has 0 unspecified atom stereocenters. The van der Waals surface area contributed by atoms with Crippen molar-refractivity contribution >= 4 is 5.71 Å². The van der Waals surface area contributed by atoms with Gasteiger partial charge in [0.15, 0.2) is 0 Å². The van der Waals surface area contributed by atoms with Crippen LogP contribution in [0.2, 0.25) is 0 Å². The third-order valence-corrected chi connectivity index (χ3v) is 3.02. The lowest BCUT2D eigenvalue weighted by Crippen LogP contribution is -2.12. The Hall–Kier alpha value is -1.11. The first-order valence-electron chi connectivity index (χ1n) is 5.43. The predicted octanol–water partition coefficient (Wildman–Crippen LogP) is 3.00. The van der Waals surface area contributed by atoms with Gasteiger partial charge in [0.25, 0.3) is 0 Å². The second kappa shape index (κ2) is 3.95. The van der Waals surface area contributed by atoms with Crippen molar-refractivity contribution in [3.8, 4) is 0 Å². The highest BCUT2D eigenvalue weighted by Gasteiger charge is 2.14. The van der Waals surface area contributed by atoms with E-state index in [-0.39, 0.29) is 0 Å². The Bertz CT molecular complexity index is 363. The van der Waals surface area contributed by atoms with Crippen molar-refractivity contribution in [2.24, 2.45) is 4.99 Å². The van der Waals surface area contributed by atoms with Gasteiger partial charge < -0.3 is 0 Å². The van der Waals surface area contributed by atoms with Crippen LogP contribution in [0.25, 0.3) is 0 Å². The molecule has 0 radical (unpaired) electrons. The maximum atomic E-state index is 4.38. The van der Waals surface area contributed by atoms with Gasteiger partial charge in [0, 0.05) is 12.8 Å². The molecule has 0 aliphatic heterocycles. The number of benzene rings is 1. The van der Waals surface area contributed by atoms with Crippen molar-refractivity contribution in [3.05, 3.63) is 34.9 Å². The standard InChI is InChI=1S/C13H17N/c1-3-10-7-8-11-5-4-6-13(14-2)12(11)9-10/h7-9H,3-6H2,1-2H3. The van der Waals surface area contributed by atoms with E-state index in [4.69, 9.17) is 0 Å². The molecule has 74 valence electrons. The molecule has 0 spiro atoms. The summed E-state index contributed by atoms with van der Waals surface area (Å²) >= 11 is 0. The van der Waals surface area contributed by atoms with Crippen molar-refractivity contribution in [2.75, 3.05) is 7.05 Å². The first kappa shape index (κ1) is 9.45. The van der Waals surface area contributed by atoms with E-state index in [1.807, 2.05) is 7.05 Å². The number of hydrogen-bond acceptors (Lipinski definition) is 1. The first-order chi connectivity index (χ1) is 6.85. The van der Waals surface area contributed by atoms with E-state index in [0.717, 1.165) is 12.8 Å². The van der Waals surface area contributed by atoms with Crippen molar-refractivity contribution in [1.29, 1.82) is 0 Å². The van der Waals surface area contributed by atoms with Gasteiger partial charge in [-0.15, -0.1) is 0 Å². The quantitative estimate of drug-likeness (QED) is 0.641. The molecule has 0 atom stereocenters. The third kappa shape index (κ3) is 1.59. The highest BCUT2D eigenvalue weighted by atomic mass is 14.7. The summed E-state index contributed by atoms with van der Waals surface area (Å²) in [4.78, 5) is 4.38. The molecule has 0 saturated carbocycles. The second-order valence-corrected chi connectivity index (χ2v) is 3.87. The number of aryl methyl sites for hydroxylation is 2. The zero-order valence-electron chi connectivity index (χ0n) is 9.01. The summed E-state index contributed by atoms with van der Waals surface area (Å²) in [6, 6.07) is 6.84. The molecule has 0 saturated heterocycles. The number of fused-ring (bicyclic) bond motifs is 1. The smallest absolute Gasteiger partial charge is 0.0420 e. The molecule has 0 bridgehead atoms. The largest absolute Gasteiger partial charge is 0.292 e. The molecule has 1 aromatic rings. The van der Waals surface area contributed by atoms with Crippen molar-refractivity contribution in [3.63, 3.8) is 0 Å². The van der Waals surface area contributed by atoms with E-state index in [1.165, 1.54) is 35.2 Å². The predicted molar refractivity (Wildman–Crippen MR) is 61.2 cm³/mol. The van der Waals surface area contributed by atoms with Crippen molar-refractivity contribution in [2.45, 2.75) is 32.6 Å². The summed E-state index contributed by atoms with van der Waals surface area (Å²) in [6.45, 7) is 2.20. The lowest BCUT2D eigenvalue weighted by atomic mass is 9.88. The minimum atomic E-state index is 1.12. The summed E-state index contributed by atoms with van der Waals surface area (Å²) in [5, 5.41) is 0. The summed E-state index contributed by atoms with van der Waals surface area (Å²) in [7, 11) is 1.91. The van der Waals surface area contributed by atoms with E-state index in [9.17, 15) is 0 Å². The van der Waals surface area contributed by atoms with Gasteiger partial charge in [-0.25, -0.2) is 0 Å².